The van der Waals surface area contributed by atoms with Gasteiger partial charge in [0.25, 0.3) is 0 Å². The lowest BCUT2D eigenvalue weighted by Crippen LogP contribution is -2.26. The summed E-state index contributed by atoms with van der Waals surface area (Å²) in [6, 6.07) is 8.34. The summed E-state index contributed by atoms with van der Waals surface area (Å²) in [4.78, 5) is 11.0. The van der Waals surface area contributed by atoms with E-state index >= 15 is 0 Å². The van der Waals surface area contributed by atoms with Crippen LogP contribution in [0.15, 0.2) is 24.3 Å². The fourth-order valence-corrected chi connectivity index (χ4v) is 2.66. The minimum Gasteiger partial charge on any atom is -0.479 e. The summed E-state index contributed by atoms with van der Waals surface area (Å²) in [6.45, 7) is 0. The number of fused-ring (bicyclic) bond motifs is 1. The maximum Gasteiger partial charge on any atom is 0.332 e. The van der Waals surface area contributed by atoms with Gasteiger partial charge in [0, 0.05) is 7.11 Å². The van der Waals surface area contributed by atoms with E-state index in [4.69, 9.17) is 9.84 Å². The van der Waals surface area contributed by atoms with E-state index in [1.165, 1.54) is 18.2 Å². The summed E-state index contributed by atoms with van der Waals surface area (Å²) in [5, 5.41) is 9.03. The molecule has 92 valence electrons. The Morgan fingerprint density at radius 3 is 3.00 bits per heavy atom. The van der Waals surface area contributed by atoms with Gasteiger partial charge in [0.2, 0.25) is 0 Å². The van der Waals surface area contributed by atoms with Crippen molar-refractivity contribution in [2.45, 2.75) is 37.7 Å². The summed E-state index contributed by atoms with van der Waals surface area (Å²) >= 11 is 0. The smallest absolute Gasteiger partial charge is 0.332 e. The second-order valence-electron chi connectivity index (χ2n) is 4.59. The standard InChI is InChI=1S/C14H18O3/c1-17-13(14(15)16)9-11-7-4-6-10-5-2-3-8-12(10)11/h2-3,5,8,11,13H,4,6-7,9H2,1H3,(H,15,16). The molecule has 1 aromatic carbocycles. The Balaban J connectivity index is 2.15. The van der Waals surface area contributed by atoms with Crippen LogP contribution in [0.25, 0.3) is 0 Å². The lowest BCUT2D eigenvalue weighted by Gasteiger charge is -2.27. The maximum atomic E-state index is 11.0. The molecule has 1 N–H and O–H groups in total. The van der Waals surface area contributed by atoms with Crippen molar-refractivity contribution in [3.63, 3.8) is 0 Å². The van der Waals surface area contributed by atoms with Crippen molar-refractivity contribution < 1.29 is 14.6 Å². The van der Waals surface area contributed by atoms with Gasteiger partial charge in [0.15, 0.2) is 6.10 Å². The first kappa shape index (κ1) is 12.1. The van der Waals surface area contributed by atoms with Gasteiger partial charge in [-0.15, -0.1) is 0 Å². The molecule has 0 amide bonds. The third kappa shape index (κ3) is 2.67. The Hall–Kier alpha value is -1.35. The molecule has 3 heteroatoms. The molecule has 3 nitrogen and oxygen atoms in total. The van der Waals surface area contributed by atoms with Gasteiger partial charge >= 0.3 is 5.97 Å². The first-order valence-electron chi connectivity index (χ1n) is 6.05. The normalized spacial score (nSPS) is 20.6. The Kier molecular flexibility index (Phi) is 3.79. The molecule has 2 unspecified atom stereocenters. The van der Waals surface area contributed by atoms with Crippen LogP contribution < -0.4 is 0 Å². The topological polar surface area (TPSA) is 46.5 Å². The number of carboxylic acid groups (broad SMARTS) is 1. The van der Waals surface area contributed by atoms with Crippen LogP contribution in [-0.4, -0.2) is 24.3 Å². The average molecular weight is 234 g/mol. The molecule has 0 saturated carbocycles. The molecule has 17 heavy (non-hydrogen) atoms. The molecule has 1 aliphatic carbocycles. The summed E-state index contributed by atoms with van der Waals surface area (Å²) in [5.41, 5.74) is 2.67. The van der Waals surface area contributed by atoms with Crippen molar-refractivity contribution in [1.29, 1.82) is 0 Å². The highest BCUT2D eigenvalue weighted by atomic mass is 16.5. The van der Waals surface area contributed by atoms with Gasteiger partial charge in [-0.05, 0) is 42.7 Å². The summed E-state index contributed by atoms with van der Waals surface area (Å²) < 4.78 is 5.03. The van der Waals surface area contributed by atoms with E-state index in [0.717, 1.165) is 19.3 Å². The number of aliphatic carboxylic acids is 1. The lowest BCUT2D eigenvalue weighted by atomic mass is 9.80. The van der Waals surface area contributed by atoms with Crippen molar-refractivity contribution in [3.8, 4) is 0 Å². The number of aryl methyl sites for hydroxylation is 1. The molecule has 0 bridgehead atoms. The van der Waals surface area contributed by atoms with Gasteiger partial charge in [-0.1, -0.05) is 24.3 Å². The molecule has 0 saturated heterocycles. The first-order chi connectivity index (χ1) is 8.22. The van der Waals surface area contributed by atoms with E-state index in [1.807, 2.05) is 12.1 Å². The van der Waals surface area contributed by atoms with E-state index in [9.17, 15) is 4.79 Å². The van der Waals surface area contributed by atoms with Crippen LogP contribution in [0.4, 0.5) is 0 Å². The van der Waals surface area contributed by atoms with Gasteiger partial charge in [-0.3, -0.25) is 0 Å². The monoisotopic (exact) mass is 234 g/mol. The van der Waals surface area contributed by atoms with Crippen LogP contribution in [0.2, 0.25) is 0 Å². The molecular formula is C14H18O3. The fourth-order valence-electron chi connectivity index (χ4n) is 2.66. The van der Waals surface area contributed by atoms with Crippen molar-refractivity contribution in [2.24, 2.45) is 0 Å². The van der Waals surface area contributed by atoms with Crippen LogP contribution in [0.5, 0.6) is 0 Å². The quantitative estimate of drug-likeness (QED) is 0.871. The summed E-state index contributed by atoms with van der Waals surface area (Å²) in [7, 11) is 1.47. The number of hydrogen-bond acceptors (Lipinski definition) is 2. The fraction of sp³-hybridized carbons (Fsp3) is 0.500. The predicted octanol–water partition coefficient (Wildman–Crippen LogP) is 2.60. The molecule has 0 aliphatic heterocycles. The number of methoxy groups -OCH3 is 1. The first-order valence-corrected chi connectivity index (χ1v) is 6.05. The molecule has 0 fully saturated rings. The van der Waals surface area contributed by atoms with E-state index in [1.54, 1.807) is 0 Å². The molecule has 1 aromatic rings. The van der Waals surface area contributed by atoms with Crippen molar-refractivity contribution >= 4 is 5.97 Å². The predicted molar refractivity (Wildman–Crippen MR) is 65.2 cm³/mol. The highest BCUT2D eigenvalue weighted by Gasteiger charge is 2.26. The zero-order valence-electron chi connectivity index (χ0n) is 10.1. The molecular weight excluding hydrogens is 216 g/mol. The van der Waals surface area contributed by atoms with E-state index < -0.39 is 12.1 Å². The Morgan fingerprint density at radius 2 is 2.29 bits per heavy atom. The van der Waals surface area contributed by atoms with E-state index in [2.05, 4.69) is 12.1 Å². The average Bonchev–Trinajstić information content (AvgIpc) is 2.35. The molecule has 2 rings (SSSR count). The zero-order chi connectivity index (χ0) is 12.3. The van der Waals surface area contributed by atoms with Crippen molar-refractivity contribution in [3.05, 3.63) is 35.4 Å². The minimum absolute atomic E-state index is 0.320. The van der Waals surface area contributed by atoms with E-state index in [-0.39, 0.29) is 0 Å². The molecule has 0 spiro atoms. The molecule has 0 aromatic heterocycles. The van der Waals surface area contributed by atoms with Gasteiger partial charge in [-0.2, -0.15) is 0 Å². The molecule has 2 atom stereocenters. The third-order valence-electron chi connectivity index (χ3n) is 3.55. The lowest BCUT2D eigenvalue weighted by molar-refractivity contribution is -0.149. The van der Waals surface area contributed by atoms with Crippen molar-refractivity contribution in [1.82, 2.24) is 0 Å². The van der Waals surface area contributed by atoms with Gasteiger partial charge in [0.05, 0.1) is 0 Å². The van der Waals surface area contributed by atoms with Crippen LogP contribution in [0.3, 0.4) is 0 Å². The Bertz CT molecular complexity index is 400. The zero-order valence-corrected chi connectivity index (χ0v) is 10.1. The van der Waals surface area contributed by atoms with Crippen LogP contribution >= 0.6 is 0 Å². The van der Waals surface area contributed by atoms with Gasteiger partial charge in [-0.25, -0.2) is 4.79 Å². The second kappa shape index (κ2) is 5.32. The maximum absolute atomic E-state index is 11.0. The molecule has 0 radical (unpaired) electrons. The van der Waals surface area contributed by atoms with Crippen LogP contribution in [-0.2, 0) is 16.0 Å². The van der Waals surface area contributed by atoms with Crippen LogP contribution in [0.1, 0.15) is 36.3 Å². The highest BCUT2D eigenvalue weighted by molar-refractivity contribution is 5.72. The van der Waals surface area contributed by atoms with Gasteiger partial charge < -0.3 is 9.84 Å². The largest absolute Gasteiger partial charge is 0.479 e. The number of carbonyl (C=O) groups is 1. The Labute approximate surface area is 101 Å². The number of ether oxygens (including phenoxy) is 1. The van der Waals surface area contributed by atoms with Crippen LogP contribution in [0, 0.1) is 0 Å². The highest BCUT2D eigenvalue weighted by Crippen LogP contribution is 2.34. The number of rotatable bonds is 4. The van der Waals surface area contributed by atoms with Crippen molar-refractivity contribution in [2.75, 3.05) is 7.11 Å². The molecule has 1 aliphatic rings. The Morgan fingerprint density at radius 1 is 1.53 bits per heavy atom. The third-order valence-corrected chi connectivity index (χ3v) is 3.55. The van der Waals surface area contributed by atoms with E-state index in [0.29, 0.717) is 12.3 Å². The second-order valence-corrected chi connectivity index (χ2v) is 4.59. The number of benzene rings is 1. The number of hydrogen-bond donors (Lipinski definition) is 1. The number of carboxylic acids is 1. The summed E-state index contributed by atoms with van der Waals surface area (Å²) in [5.74, 6) is -0.545. The minimum atomic E-state index is -0.865. The SMILES string of the molecule is COC(CC1CCCc2ccccc21)C(=O)O. The summed E-state index contributed by atoms with van der Waals surface area (Å²) in [6.07, 6.45) is 3.19. The van der Waals surface area contributed by atoms with Gasteiger partial charge in [0.1, 0.15) is 0 Å². The molecule has 0 heterocycles.